The van der Waals surface area contributed by atoms with Crippen LogP contribution in [0.5, 0.6) is 5.75 Å². The maximum absolute atomic E-state index is 10.3. The topological polar surface area (TPSA) is 47.3 Å². The van der Waals surface area contributed by atoms with E-state index in [9.17, 15) is 5.11 Å². The summed E-state index contributed by atoms with van der Waals surface area (Å²) in [4.78, 5) is 0. The molecule has 1 N–H and O–H groups in total. The smallest absolute Gasteiger partial charge is 0.128 e. The zero-order valence-electron chi connectivity index (χ0n) is 9.63. The molecule has 88 valence electrons. The molecule has 4 nitrogen and oxygen atoms in total. The molecule has 4 heteroatoms. The molecule has 0 amide bonds. The van der Waals surface area contributed by atoms with Crippen molar-refractivity contribution in [3.05, 3.63) is 47.3 Å². The van der Waals surface area contributed by atoms with Crippen molar-refractivity contribution in [2.75, 3.05) is 6.61 Å². The van der Waals surface area contributed by atoms with E-state index in [1.807, 2.05) is 31.4 Å². The number of aromatic nitrogens is 2. The molecule has 3 rings (SSSR count). The molecule has 1 unspecified atom stereocenters. The first-order chi connectivity index (χ1) is 8.25. The van der Waals surface area contributed by atoms with Gasteiger partial charge in [-0.05, 0) is 5.56 Å². The van der Waals surface area contributed by atoms with Crippen LogP contribution in [0.4, 0.5) is 0 Å². The molecule has 0 radical (unpaired) electrons. The van der Waals surface area contributed by atoms with Gasteiger partial charge in [0, 0.05) is 30.8 Å². The van der Waals surface area contributed by atoms with Gasteiger partial charge in [0.05, 0.1) is 12.8 Å². The van der Waals surface area contributed by atoms with Gasteiger partial charge in [-0.1, -0.05) is 18.2 Å². The van der Waals surface area contributed by atoms with Gasteiger partial charge in [0.25, 0.3) is 0 Å². The van der Waals surface area contributed by atoms with Crippen molar-refractivity contribution < 1.29 is 9.84 Å². The summed E-state index contributed by atoms with van der Waals surface area (Å²) in [5.41, 5.74) is 2.79. The van der Waals surface area contributed by atoms with Gasteiger partial charge in [-0.3, -0.25) is 4.68 Å². The van der Waals surface area contributed by atoms with E-state index in [0.29, 0.717) is 6.61 Å². The Morgan fingerprint density at radius 1 is 1.47 bits per heavy atom. The summed E-state index contributed by atoms with van der Waals surface area (Å²) in [6, 6.07) is 5.91. The highest BCUT2D eigenvalue weighted by Gasteiger charge is 2.22. The number of nitrogens with zero attached hydrogens (tertiary/aromatic N) is 2. The molecule has 0 bridgehead atoms. The second-order valence-corrected chi connectivity index (χ2v) is 4.28. The van der Waals surface area contributed by atoms with E-state index in [1.54, 1.807) is 10.9 Å². The number of rotatable bonds is 2. The normalized spacial score (nSPS) is 15.4. The first kappa shape index (κ1) is 10.4. The number of ether oxygens (including phenoxy) is 1. The fraction of sp³-hybridized carbons (Fsp3) is 0.308. The standard InChI is InChI=1S/C13H14N2O2/c1-15-8-10(7-14-15)12(16)11-4-2-3-9-5-6-17-13(9)11/h2-4,7-8,12,16H,5-6H2,1H3. The number of hydrogen-bond acceptors (Lipinski definition) is 3. The van der Waals surface area contributed by atoms with Crippen LogP contribution >= 0.6 is 0 Å². The predicted molar refractivity (Wildman–Crippen MR) is 62.9 cm³/mol. The molecule has 0 spiro atoms. The van der Waals surface area contributed by atoms with Gasteiger partial charge in [-0.15, -0.1) is 0 Å². The van der Waals surface area contributed by atoms with Crippen molar-refractivity contribution in [3.8, 4) is 5.75 Å². The maximum Gasteiger partial charge on any atom is 0.128 e. The van der Waals surface area contributed by atoms with E-state index in [-0.39, 0.29) is 0 Å². The molecule has 2 aromatic rings. The fourth-order valence-electron chi connectivity index (χ4n) is 2.22. The lowest BCUT2D eigenvalue weighted by atomic mass is 10.0. The second-order valence-electron chi connectivity index (χ2n) is 4.28. The molecular formula is C13H14N2O2. The minimum absolute atomic E-state index is 0.670. The second kappa shape index (κ2) is 3.89. The lowest BCUT2D eigenvalue weighted by molar-refractivity contribution is 0.213. The summed E-state index contributed by atoms with van der Waals surface area (Å²) in [7, 11) is 1.84. The Hall–Kier alpha value is -1.81. The summed E-state index contributed by atoms with van der Waals surface area (Å²) in [6.45, 7) is 0.701. The van der Waals surface area contributed by atoms with Crippen molar-refractivity contribution in [1.29, 1.82) is 0 Å². The molecule has 0 aliphatic carbocycles. The SMILES string of the molecule is Cn1cc(C(O)c2cccc3c2OCC3)cn1. The van der Waals surface area contributed by atoms with Crippen LogP contribution in [0, 0.1) is 0 Å². The summed E-state index contributed by atoms with van der Waals surface area (Å²) in [5.74, 6) is 0.837. The predicted octanol–water partition coefficient (Wildman–Crippen LogP) is 1.44. The third-order valence-electron chi connectivity index (χ3n) is 3.08. The Bertz CT molecular complexity index is 548. The first-order valence-electron chi connectivity index (χ1n) is 5.67. The van der Waals surface area contributed by atoms with E-state index in [1.165, 1.54) is 5.56 Å². The van der Waals surface area contributed by atoms with Crippen molar-refractivity contribution in [1.82, 2.24) is 9.78 Å². The largest absolute Gasteiger partial charge is 0.493 e. The number of aliphatic hydroxyl groups excluding tert-OH is 1. The van der Waals surface area contributed by atoms with Crippen LogP contribution in [0.25, 0.3) is 0 Å². The Labute approximate surface area is 99.5 Å². The Morgan fingerprint density at radius 2 is 2.35 bits per heavy atom. The Balaban J connectivity index is 2.02. The highest BCUT2D eigenvalue weighted by molar-refractivity contribution is 5.47. The molecule has 0 saturated carbocycles. The molecule has 17 heavy (non-hydrogen) atoms. The van der Waals surface area contributed by atoms with Gasteiger partial charge >= 0.3 is 0 Å². The molecule has 1 aromatic heterocycles. The highest BCUT2D eigenvalue weighted by Crippen LogP contribution is 2.35. The van der Waals surface area contributed by atoms with Gasteiger partial charge in [-0.25, -0.2) is 0 Å². The number of aliphatic hydroxyl groups is 1. The lowest BCUT2D eigenvalue weighted by Crippen LogP contribution is -2.01. The van der Waals surface area contributed by atoms with Crippen molar-refractivity contribution in [2.24, 2.45) is 7.05 Å². The van der Waals surface area contributed by atoms with Crippen LogP contribution in [-0.4, -0.2) is 21.5 Å². The summed E-state index contributed by atoms with van der Waals surface area (Å²) in [6.07, 6.45) is 3.75. The molecule has 1 atom stereocenters. The quantitative estimate of drug-likeness (QED) is 0.849. The van der Waals surface area contributed by atoms with Crippen molar-refractivity contribution >= 4 is 0 Å². The van der Waals surface area contributed by atoms with E-state index in [0.717, 1.165) is 23.3 Å². The number of hydrogen-bond donors (Lipinski definition) is 1. The molecule has 0 saturated heterocycles. The molecule has 0 fully saturated rings. The average Bonchev–Trinajstić information content (AvgIpc) is 2.95. The minimum Gasteiger partial charge on any atom is -0.493 e. The van der Waals surface area contributed by atoms with Crippen molar-refractivity contribution in [2.45, 2.75) is 12.5 Å². The van der Waals surface area contributed by atoms with Crippen LogP contribution in [0.3, 0.4) is 0 Å². The zero-order chi connectivity index (χ0) is 11.8. The first-order valence-corrected chi connectivity index (χ1v) is 5.67. The van der Waals surface area contributed by atoms with Crippen LogP contribution in [-0.2, 0) is 13.5 Å². The molecule has 2 heterocycles. The van der Waals surface area contributed by atoms with Gasteiger partial charge in [0.1, 0.15) is 11.9 Å². The highest BCUT2D eigenvalue weighted by atomic mass is 16.5. The molecule has 1 aliphatic heterocycles. The van der Waals surface area contributed by atoms with E-state index in [4.69, 9.17) is 4.74 Å². The fourth-order valence-corrected chi connectivity index (χ4v) is 2.22. The van der Waals surface area contributed by atoms with E-state index >= 15 is 0 Å². The number of benzene rings is 1. The van der Waals surface area contributed by atoms with Gasteiger partial charge in [-0.2, -0.15) is 5.10 Å². The Kier molecular flexibility index (Phi) is 2.37. The van der Waals surface area contributed by atoms with Gasteiger partial charge < -0.3 is 9.84 Å². The summed E-state index contributed by atoms with van der Waals surface area (Å²) in [5, 5.41) is 14.4. The monoisotopic (exact) mass is 230 g/mol. The average molecular weight is 230 g/mol. The van der Waals surface area contributed by atoms with Gasteiger partial charge in [0.15, 0.2) is 0 Å². The number of para-hydroxylation sites is 1. The third-order valence-corrected chi connectivity index (χ3v) is 3.08. The number of aryl methyl sites for hydroxylation is 1. The van der Waals surface area contributed by atoms with Crippen LogP contribution < -0.4 is 4.74 Å². The third kappa shape index (κ3) is 1.70. The number of fused-ring (bicyclic) bond motifs is 1. The van der Waals surface area contributed by atoms with Gasteiger partial charge in [0.2, 0.25) is 0 Å². The van der Waals surface area contributed by atoms with Crippen molar-refractivity contribution in [3.63, 3.8) is 0 Å². The Morgan fingerprint density at radius 3 is 3.12 bits per heavy atom. The van der Waals surface area contributed by atoms with Crippen LogP contribution in [0.15, 0.2) is 30.6 Å². The summed E-state index contributed by atoms with van der Waals surface area (Å²) >= 11 is 0. The summed E-state index contributed by atoms with van der Waals surface area (Å²) < 4.78 is 7.27. The van der Waals surface area contributed by atoms with Crippen LogP contribution in [0.1, 0.15) is 22.8 Å². The minimum atomic E-state index is -0.670. The van der Waals surface area contributed by atoms with E-state index in [2.05, 4.69) is 5.10 Å². The molecule has 1 aromatic carbocycles. The van der Waals surface area contributed by atoms with E-state index < -0.39 is 6.10 Å². The van der Waals surface area contributed by atoms with Crippen LogP contribution in [0.2, 0.25) is 0 Å². The molecule has 1 aliphatic rings. The molecular weight excluding hydrogens is 216 g/mol. The lowest BCUT2D eigenvalue weighted by Gasteiger charge is -2.12. The maximum atomic E-state index is 10.3. The zero-order valence-corrected chi connectivity index (χ0v) is 9.63.